The van der Waals surface area contributed by atoms with Gasteiger partial charge in [0.15, 0.2) is 11.5 Å². The monoisotopic (exact) mass is 362 g/mol. The Morgan fingerprint density at radius 3 is 2.48 bits per heavy atom. The van der Waals surface area contributed by atoms with Crippen LogP contribution < -0.4 is 19.9 Å². The van der Waals surface area contributed by atoms with Crippen LogP contribution in [0.25, 0.3) is 0 Å². The van der Waals surface area contributed by atoms with Gasteiger partial charge in [0.25, 0.3) is 0 Å². The molecule has 0 fully saturated rings. The molecule has 1 unspecified atom stereocenters. The van der Waals surface area contributed by atoms with Crippen LogP contribution >= 0.6 is 0 Å². The van der Waals surface area contributed by atoms with Gasteiger partial charge in [0.1, 0.15) is 12.7 Å². The molecule has 1 heterocycles. The van der Waals surface area contributed by atoms with Crippen molar-refractivity contribution < 1.29 is 22.7 Å². The fourth-order valence-electron chi connectivity index (χ4n) is 2.45. The smallest absolute Gasteiger partial charge is 0.238 e. The molecule has 3 rings (SSSR count). The first-order valence-electron chi connectivity index (χ1n) is 7.73. The maximum atomic E-state index is 12.0. The van der Waals surface area contributed by atoms with E-state index in [-0.39, 0.29) is 23.3 Å². The molecule has 1 aliphatic heterocycles. The van der Waals surface area contributed by atoms with Crippen molar-refractivity contribution in [2.75, 3.05) is 11.9 Å². The fraction of sp³-hybridized carbons (Fsp3) is 0.235. The Kier molecular flexibility index (Phi) is 4.91. The number of nitrogens with two attached hydrogens (primary N) is 1. The zero-order valence-electron chi connectivity index (χ0n) is 13.3. The van der Waals surface area contributed by atoms with E-state index in [1.165, 1.54) is 24.3 Å². The third-order valence-electron chi connectivity index (χ3n) is 3.73. The Bertz CT molecular complexity index is 865. The number of primary sulfonamides is 1. The summed E-state index contributed by atoms with van der Waals surface area (Å²) in [6, 6.07) is 13.1. The number of ether oxygens (including phenoxy) is 2. The molecule has 0 bridgehead atoms. The van der Waals surface area contributed by atoms with Crippen molar-refractivity contribution in [3.05, 3.63) is 48.5 Å². The van der Waals surface area contributed by atoms with Gasteiger partial charge >= 0.3 is 0 Å². The molecule has 1 atom stereocenters. The third kappa shape index (κ3) is 4.49. The molecular formula is C17H18N2O5S. The SMILES string of the molecule is NS(=O)(=O)c1ccc(NC(=O)CCC2COc3ccccc3O2)cc1. The Balaban J connectivity index is 1.50. The highest BCUT2D eigenvalue weighted by atomic mass is 32.2. The second-order valence-electron chi connectivity index (χ2n) is 5.65. The van der Waals surface area contributed by atoms with Crippen molar-refractivity contribution >= 4 is 21.6 Å². The quantitative estimate of drug-likeness (QED) is 0.844. The standard InChI is InChI=1S/C17H18N2O5S/c18-25(21,22)14-8-5-12(6-9-14)19-17(20)10-7-13-11-23-15-3-1-2-4-16(15)24-13/h1-6,8-9,13H,7,10-11H2,(H,19,20)(H2,18,21,22). The fourth-order valence-corrected chi connectivity index (χ4v) is 2.96. The topological polar surface area (TPSA) is 108 Å². The number of fused-ring (bicyclic) bond motifs is 1. The average molecular weight is 362 g/mol. The molecule has 2 aromatic carbocycles. The normalized spacial score (nSPS) is 16.3. The van der Waals surface area contributed by atoms with Crippen LogP contribution in [0, 0.1) is 0 Å². The minimum Gasteiger partial charge on any atom is -0.486 e. The molecule has 8 heteroatoms. The Labute approximate surface area is 145 Å². The summed E-state index contributed by atoms with van der Waals surface area (Å²) in [6.07, 6.45) is 0.577. The van der Waals surface area contributed by atoms with E-state index in [2.05, 4.69) is 5.32 Å². The van der Waals surface area contributed by atoms with Crippen LogP contribution in [0.15, 0.2) is 53.4 Å². The highest BCUT2D eigenvalue weighted by Crippen LogP contribution is 2.31. The molecule has 0 aliphatic carbocycles. The predicted molar refractivity (Wildman–Crippen MR) is 92.0 cm³/mol. The molecule has 1 amide bonds. The number of anilines is 1. The van der Waals surface area contributed by atoms with Gasteiger partial charge in [-0.15, -0.1) is 0 Å². The summed E-state index contributed by atoms with van der Waals surface area (Å²) in [5, 5.41) is 7.74. The summed E-state index contributed by atoms with van der Waals surface area (Å²) >= 11 is 0. The number of amides is 1. The molecule has 132 valence electrons. The maximum absolute atomic E-state index is 12.0. The second kappa shape index (κ2) is 7.12. The number of benzene rings is 2. The molecule has 25 heavy (non-hydrogen) atoms. The lowest BCUT2D eigenvalue weighted by Gasteiger charge is -2.26. The summed E-state index contributed by atoms with van der Waals surface area (Å²) in [7, 11) is -3.74. The van der Waals surface area contributed by atoms with E-state index >= 15 is 0 Å². The zero-order chi connectivity index (χ0) is 17.9. The summed E-state index contributed by atoms with van der Waals surface area (Å²) < 4.78 is 33.8. The molecule has 7 nitrogen and oxygen atoms in total. The van der Waals surface area contributed by atoms with Gasteiger partial charge in [0.05, 0.1) is 4.90 Å². The molecule has 3 N–H and O–H groups in total. The van der Waals surface area contributed by atoms with E-state index in [4.69, 9.17) is 14.6 Å². The minimum absolute atomic E-state index is 0.00285. The van der Waals surface area contributed by atoms with Crippen LogP contribution in [0.3, 0.4) is 0 Å². The first-order valence-corrected chi connectivity index (χ1v) is 9.27. The van der Waals surface area contributed by atoms with Crippen LogP contribution in [0.1, 0.15) is 12.8 Å². The summed E-state index contributed by atoms with van der Waals surface area (Å²) in [6.45, 7) is 0.396. The molecule has 0 saturated heterocycles. The van der Waals surface area contributed by atoms with Crippen molar-refractivity contribution in [2.24, 2.45) is 5.14 Å². The third-order valence-corrected chi connectivity index (χ3v) is 4.66. The Hall–Kier alpha value is -2.58. The van der Waals surface area contributed by atoms with Crippen molar-refractivity contribution in [3.8, 4) is 11.5 Å². The van der Waals surface area contributed by atoms with Crippen molar-refractivity contribution in [2.45, 2.75) is 23.8 Å². The first kappa shape index (κ1) is 17.2. The van der Waals surface area contributed by atoms with Crippen LogP contribution in [0.5, 0.6) is 11.5 Å². The number of carbonyl (C=O) groups is 1. The number of para-hydroxylation sites is 2. The lowest BCUT2D eigenvalue weighted by molar-refractivity contribution is -0.116. The maximum Gasteiger partial charge on any atom is 0.238 e. The number of nitrogens with one attached hydrogen (secondary N) is 1. The zero-order valence-corrected chi connectivity index (χ0v) is 14.2. The van der Waals surface area contributed by atoms with Gasteiger partial charge in [-0.2, -0.15) is 0 Å². The lowest BCUT2D eigenvalue weighted by atomic mass is 10.1. The van der Waals surface area contributed by atoms with Crippen LogP contribution in [0.2, 0.25) is 0 Å². The van der Waals surface area contributed by atoms with E-state index in [1.54, 1.807) is 0 Å². The van der Waals surface area contributed by atoms with Crippen molar-refractivity contribution in [1.82, 2.24) is 0 Å². The molecule has 0 spiro atoms. The van der Waals surface area contributed by atoms with E-state index in [0.717, 1.165) is 0 Å². The summed E-state index contributed by atoms with van der Waals surface area (Å²) in [5.41, 5.74) is 0.503. The highest BCUT2D eigenvalue weighted by molar-refractivity contribution is 7.89. The van der Waals surface area contributed by atoms with Gasteiger partial charge in [-0.1, -0.05) is 12.1 Å². The molecule has 0 radical (unpaired) electrons. The summed E-state index contributed by atoms with van der Waals surface area (Å²) in [4.78, 5) is 12.0. The van der Waals surface area contributed by atoms with Crippen molar-refractivity contribution in [1.29, 1.82) is 0 Å². The van der Waals surface area contributed by atoms with Crippen LogP contribution in [0.4, 0.5) is 5.69 Å². The van der Waals surface area contributed by atoms with E-state index in [0.29, 0.717) is 30.2 Å². The largest absolute Gasteiger partial charge is 0.486 e. The van der Waals surface area contributed by atoms with Gasteiger partial charge in [-0.25, -0.2) is 13.6 Å². The van der Waals surface area contributed by atoms with Gasteiger partial charge in [0, 0.05) is 12.1 Å². The number of hydrogen-bond acceptors (Lipinski definition) is 5. The van der Waals surface area contributed by atoms with Gasteiger partial charge < -0.3 is 14.8 Å². The number of carbonyl (C=O) groups excluding carboxylic acids is 1. The van der Waals surface area contributed by atoms with Crippen LogP contribution in [-0.4, -0.2) is 27.0 Å². The van der Waals surface area contributed by atoms with Gasteiger partial charge in [0.2, 0.25) is 15.9 Å². The highest BCUT2D eigenvalue weighted by Gasteiger charge is 2.21. The second-order valence-corrected chi connectivity index (χ2v) is 7.22. The molecule has 0 aromatic heterocycles. The molecule has 1 aliphatic rings. The first-order chi connectivity index (χ1) is 11.9. The van der Waals surface area contributed by atoms with Crippen molar-refractivity contribution in [3.63, 3.8) is 0 Å². The number of sulfonamides is 1. The minimum atomic E-state index is -3.74. The predicted octanol–water partition coefficient (Wildman–Crippen LogP) is 1.89. The lowest BCUT2D eigenvalue weighted by Crippen LogP contribution is -2.30. The summed E-state index contributed by atoms with van der Waals surface area (Å²) in [5.74, 6) is 1.20. The Morgan fingerprint density at radius 1 is 1.12 bits per heavy atom. The Morgan fingerprint density at radius 2 is 1.80 bits per heavy atom. The number of hydrogen-bond donors (Lipinski definition) is 2. The molecule has 2 aromatic rings. The van der Waals surface area contributed by atoms with Gasteiger partial charge in [-0.3, -0.25) is 4.79 Å². The van der Waals surface area contributed by atoms with E-state index < -0.39 is 10.0 Å². The average Bonchev–Trinajstić information content (AvgIpc) is 2.59. The number of rotatable bonds is 5. The van der Waals surface area contributed by atoms with Crippen LogP contribution in [-0.2, 0) is 14.8 Å². The molecule has 0 saturated carbocycles. The van der Waals surface area contributed by atoms with E-state index in [9.17, 15) is 13.2 Å². The molecular weight excluding hydrogens is 344 g/mol. The van der Waals surface area contributed by atoms with E-state index in [1.807, 2.05) is 24.3 Å². The van der Waals surface area contributed by atoms with Gasteiger partial charge in [-0.05, 0) is 42.8 Å².